The number of nitrogens with one attached hydrogen (secondary N) is 1. The van der Waals surface area contributed by atoms with Crippen LogP contribution in [0.25, 0.3) is 11.1 Å². The second-order valence-electron chi connectivity index (χ2n) is 5.23. The summed E-state index contributed by atoms with van der Waals surface area (Å²) in [6.07, 6.45) is 1.32. The van der Waals surface area contributed by atoms with E-state index in [1.807, 2.05) is 0 Å². The summed E-state index contributed by atoms with van der Waals surface area (Å²) in [6.45, 7) is -0.223. The van der Waals surface area contributed by atoms with Crippen LogP contribution in [-0.4, -0.2) is 14.9 Å². The van der Waals surface area contributed by atoms with Crippen LogP contribution in [0.1, 0.15) is 5.56 Å². The van der Waals surface area contributed by atoms with Crippen LogP contribution in [0.3, 0.4) is 0 Å². The molecule has 0 saturated carbocycles. The maximum atomic E-state index is 13.8. The SMILES string of the molecule is O=[N+]([O-])c1ccccc1-c1cnc(Cl)nc1NCc1c(F)cccc1F. The Hall–Kier alpha value is -3.13. The molecule has 0 fully saturated rings. The molecular formula is C17H11ClF2N4O2. The minimum atomic E-state index is -0.718. The predicted octanol–water partition coefficient (Wildman–Crippen LogP) is 4.60. The molecule has 1 N–H and O–H groups in total. The summed E-state index contributed by atoms with van der Waals surface area (Å²) in [4.78, 5) is 18.6. The molecule has 132 valence electrons. The Balaban J connectivity index is 2.01. The first-order valence-corrected chi connectivity index (χ1v) is 7.78. The third-order valence-electron chi connectivity index (χ3n) is 3.64. The van der Waals surface area contributed by atoms with Crippen molar-refractivity contribution in [1.29, 1.82) is 0 Å². The van der Waals surface area contributed by atoms with Crippen LogP contribution in [0.2, 0.25) is 5.28 Å². The zero-order valence-electron chi connectivity index (χ0n) is 13.1. The smallest absolute Gasteiger partial charge is 0.277 e. The van der Waals surface area contributed by atoms with Gasteiger partial charge in [0, 0.05) is 29.9 Å². The zero-order valence-corrected chi connectivity index (χ0v) is 13.9. The van der Waals surface area contributed by atoms with Crippen molar-refractivity contribution in [2.24, 2.45) is 0 Å². The molecule has 0 radical (unpaired) electrons. The van der Waals surface area contributed by atoms with Gasteiger partial charge in [0.2, 0.25) is 5.28 Å². The van der Waals surface area contributed by atoms with Gasteiger partial charge >= 0.3 is 0 Å². The van der Waals surface area contributed by atoms with E-state index >= 15 is 0 Å². The standard InChI is InChI=1S/C17H11ClF2N4O2/c18-17-22-8-11(10-4-1-2-7-15(10)24(25)26)16(23-17)21-9-12-13(19)5-3-6-14(12)20/h1-8H,9H2,(H,21,22,23). The molecule has 0 spiro atoms. The van der Waals surface area contributed by atoms with Gasteiger partial charge in [0.15, 0.2) is 0 Å². The number of nitro groups is 1. The lowest BCUT2D eigenvalue weighted by Gasteiger charge is -2.12. The minimum absolute atomic E-state index is 0.108. The summed E-state index contributed by atoms with van der Waals surface area (Å²) in [5.41, 5.74) is 0.207. The number of aromatic nitrogens is 2. The molecular weight excluding hydrogens is 366 g/mol. The minimum Gasteiger partial charge on any atom is -0.365 e. The van der Waals surface area contributed by atoms with Crippen LogP contribution in [0.15, 0.2) is 48.7 Å². The van der Waals surface area contributed by atoms with E-state index in [0.717, 1.165) is 12.1 Å². The summed E-state index contributed by atoms with van der Waals surface area (Å²) in [7, 11) is 0. The number of hydrogen-bond donors (Lipinski definition) is 1. The van der Waals surface area contributed by atoms with Crippen LogP contribution in [0, 0.1) is 21.7 Å². The van der Waals surface area contributed by atoms with Gasteiger partial charge in [0.25, 0.3) is 5.69 Å². The van der Waals surface area contributed by atoms with Crippen LogP contribution < -0.4 is 5.32 Å². The van der Waals surface area contributed by atoms with Gasteiger partial charge in [-0.25, -0.2) is 18.7 Å². The summed E-state index contributed by atoms with van der Waals surface area (Å²) >= 11 is 5.81. The van der Waals surface area contributed by atoms with Crippen molar-refractivity contribution in [3.05, 3.63) is 81.3 Å². The summed E-state index contributed by atoms with van der Waals surface area (Å²) in [5, 5.41) is 13.9. The molecule has 0 atom stereocenters. The average Bonchev–Trinajstić information content (AvgIpc) is 2.61. The van der Waals surface area contributed by atoms with Crippen molar-refractivity contribution in [2.45, 2.75) is 6.54 Å². The fourth-order valence-electron chi connectivity index (χ4n) is 2.43. The summed E-state index contributed by atoms with van der Waals surface area (Å²) < 4.78 is 27.6. The first-order chi connectivity index (χ1) is 12.5. The third-order valence-corrected chi connectivity index (χ3v) is 3.83. The van der Waals surface area contributed by atoms with Crippen LogP contribution >= 0.6 is 11.6 Å². The zero-order chi connectivity index (χ0) is 18.7. The summed E-state index contributed by atoms with van der Waals surface area (Å²) in [6, 6.07) is 9.54. The van der Waals surface area contributed by atoms with Gasteiger partial charge in [-0.15, -0.1) is 0 Å². The molecule has 1 heterocycles. The molecule has 6 nitrogen and oxygen atoms in total. The van der Waals surface area contributed by atoms with Gasteiger partial charge in [-0.3, -0.25) is 10.1 Å². The van der Waals surface area contributed by atoms with E-state index in [-0.39, 0.29) is 34.5 Å². The van der Waals surface area contributed by atoms with Crippen molar-refractivity contribution in [3.63, 3.8) is 0 Å². The number of benzene rings is 2. The van der Waals surface area contributed by atoms with Crippen molar-refractivity contribution < 1.29 is 13.7 Å². The van der Waals surface area contributed by atoms with Gasteiger partial charge in [-0.2, -0.15) is 0 Å². The monoisotopic (exact) mass is 376 g/mol. The Bertz CT molecular complexity index is 964. The fraction of sp³-hybridized carbons (Fsp3) is 0.0588. The lowest BCUT2D eigenvalue weighted by molar-refractivity contribution is -0.384. The number of rotatable bonds is 5. The number of halogens is 3. The third kappa shape index (κ3) is 3.60. The Labute approximate surface area is 151 Å². The number of nitrogens with zero attached hydrogens (tertiary/aromatic N) is 3. The molecule has 0 aliphatic carbocycles. The Kier molecular flexibility index (Phi) is 5.04. The van der Waals surface area contributed by atoms with E-state index < -0.39 is 16.6 Å². The molecule has 1 aromatic heterocycles. The van der Waals surface area contributed by atoms with Gasteiger partial charge < -0.3 is 5.32 Å². The van der Waals surface area contributed by atoms with E-state index in [1.54, 1.807) is 6.07 Å². The molecule has 2 aromatic carbocycles. The van der Waals surface area contributed by atoms with Gasteiger partial charge in [0.1, 0.15) is 17.5 Å². The first kappa shape index (κ1) is 17.7. The average molecular weight is 377 g/mol. The van der Waals surface area contributed by atoms with Gasteiger partial charge in [0.05, 0.1) is 10.5 Å². The van der Waals surface area contributed by atoms with E-state index in [1.165, 1.54) is 30.5 Å². The Morgan fingerprint density at radius 1 is 1.08 bits per heavy atom. The fourth-order valence-corrected chi connectivity index (χ4v) is 2.56. The molecule has 3 aromatic rings. The van der Waals surface area contributed by atoms with Crippen LogP contribution in [0.5, 0.6) is 0 Å². The second-order valence-corrected chi connectivity index (χ2v) is 5.57. The van der Waals surface area contributed by atoms with Crippen molar-refractivity contribution in [1.82, 2.24) is 9.97 Å². The second kappa shape index (κ2) is 7.40. The lowest BCUT2D eigenvalue weighted by Crippen LogP contribution is -2.08. The Morgan fingerprint density at radius 3 is 2.46 bits per heavy atom. The molecule has 0 amide bonds. The van der Waals surface area contributed by atoms with Gasteiger partial charge in [-0.1, -0.05) is 18.2 Å². The maximum absolute atomic E-state index is 13.8. The van der Waals surface area contributed by atoms with E-state index in [0.29, 0.717) is 5.56 Å². The van der Waals surface area contributed by atoms with Crippen molar-refractivity contribution in [3.8, 4) is 11.1 Å². The molecule has 0 saturated heterocycles. The van der Waals surface area contributed by atoms with E-state index in [9.17, 15) is 18.9 Å². The Morgan fingerprint density at radius 2 is 1.77 bits per heavy atom. The molecule has 0 aliphatic rings. The topological polar surface area (TPSA) is 81.0 Å². The van der Waals surface area contributed by atoms with E-state index in [4.69, 9.17) is 11.6 Å². The number of nitro benzene ring substituents is 1. The van der Waals surface area contributed by atoms with Crippen LogP contribution in [-0.2, 0) is 6.54 Å². The van der Waals surface area contributed by atoms with Crippen molar-refractivity contribution in [2.75, 3.05) is 5.32 Å². The molecule has 0 bridgehead atoms. The molecule has 9 heteroatoms. The van der Waals surface area contributed by atoms with Crippen LogP contribution in [0.4, 0.5) is 20.3 Å². The molecule has 0 aliphatic heterocycles. The van der Waals surface area contributed by atoms with Crippen molar-refractivity contribution >= 4 is 23.1 Å². The predicted molar refractivity (Wildman–Crippen MR) is 92.8 cm³/mol. The highest BCUT2D eigenvalue weighted by atomic mass is 35.5. The lowest BCUT2D eigenvalue weighted by atomic mass is 10.1. The van der Waals surface area contributed by atoms with Gasteiger partial charge in [-0.05, 0) is 29.8 Å². The largest absolute Gasteiger partial charge is 0.365 e. The highest BCUT2D eigenvalue weighted by molar-refractivity contribution is 6.28. The quantitative estimate of drug-likeness (QED) is 0.400. The number of anilines is 1. The molecule has 26 heavy (non-hydrogen) atoms. The number of para-hydroxylation sites is 1. The normalized spacial score (nSPS) is 10.6. The number of hydrogen-bond acceptors (Lipinski definition) is 5. The highest BCUT2D eigenvalue weighted by Gasteiger charge is 2.19. The molecule has 0 unspecified atom stereocenters. The maximum Gasteiger partial charge on any atom is 0.277 e. The van der Waals surface area contributed by atoms with E-state index in [2.05, 4.69) is 15.3 Å². The summed E-state index contributed by atoms with van der Waals surface area (Å²) in [5.74, 6) is -1.31. The highest BCUT2D eigenvalue weighted by Crippen LogP contribution is 2.34. The first-order valence-electron chi connectivity index (χ1n) is 7.40. The molecule has 3 rings (SSSR count).